The van der Waals surface area contributed by atoms with Gasteiger partial charge in [-0.1, -0.05) is 6.07 Å². The standard InChI is InChI=1S/C12H10BrFN2O2S/c13-8-2-1-7(5-9(8)14)6-10-11(17)16(4-3-15)12(18)19-10/h1-2,5-6H,3-4,15H2/b10-6+. The van der Waals surface area contributed by atoms with Crippen molar-refractivity contribution in [2.45, 2.75) is 0 Å². The van der Waals surface area contributed by atoms with Gasteiger partial charge in [-0.15, -0.1) is 0 Å². The van der Waals surface area contributed by atoms with Crippen LogP contribution in [0.3, 0.4) is 0 Å². The first-order valence-electron chi connectivity index (χ1n) is 5.43. The van der Waals surface area contributed by atoms with Crippen LogP contribution in [0.15, 0.2) is 27.6 Å². The molecule has 1 saturated heterocycles. The molecule has 0 unspecified atom stereocenters. The number of carbonyl (C=O) groups is 2. The molecule has 4 nitrogen and oxygen atoms in total. The molecule has 0 radical (unpaired) electrons. The average molecular weight is 345 g/mol. The number of halogens is 2. The second-order valence-corrected chi connectivity index (χ2v) is 5.64. The summed E-state index contributed by atoms with van der Waals surface area (Å²) in [5, 5.41) is -0.348. The van der Waals surface area contributed by atoms with E-state index in [2.05, 4.69) is 15.9 Å². The highest BCUT2D eigenvalue weighted by Gasteiger charge is 2.34. The summed E-state index contributed by atoms with van der Waals surface area (Å²) in [6, 6.07) is 4.50. The maximum atomic E-state index is 13.4. The molecule has 19 heavy (non-hydrogen) atoms. The quantitative estimate of drug-likeness (QED) is 0.856. The molecule has 0 bridgehead atoms. The maximum absolute atomic E-state index is 13.4. The molecule has 0 saturated carbocycles. The highest BCUT2D eigenvalue weighted by atomic mass is 79.9. The van der Waals surface area contributed by atoms with Gasteiger partial charge in [0.15, 0.2) is 0 Å². The van der Waals surface area contributed by atoms with Crippen molar-refractivity contribution >= 4 is 44.9 Å². The van der Waals surface area contributed by atoms with Gasteiger partial charge in [-0.3, -0.25) is 14.5 Å². The Morgan fingerprint density at radius 2 is 2.16 bits per heavy atom. The van der Waals surface area contributed by atoms with Crippen LogP contribution >= 0.6 is 27.7 Å². The molecule has 0 aliphatic carbocycles. The van der Waals surface area contributed by atoms with Gasteiger partial charge >= 0.3 is 0 Å². The number of carbonyl (C=O) groups excluding carboxylic acids is 2. The van der Waals surface area contributed by atoms with Gasteiger partial charge in [0.2, 0.25) is 0 Å². The van der Waals surface area contributed by atoms with Gasteiger partial charge in [0.1, 0.15) is 5.82 Å². The highest BCUT2D eigenvalue weighted by molar-refractivity contribution is 9.10. The third-order valence-corrected chi connectivity index (χ3v) is 4.02. The van der Waals surface area contributed by atoms with Crippen molar-refractivity contribution in [3.05, 3.63) is 39.0 Å². The van der Waals surface area contributed by atoms with E-state index in [1.165, 1.54) is 12.1 Å². The molecule has 1 aromatic rings. The fourth-order valence-electron chi connectivity index (χ4n) is 1.58. The van der Waals surface area contributed by atoms with E-state index in [1.807, 2.05) is 0 Å². The molecule has 1 aliphatic rings. The van der Waals surface area contributed by atoms with Crippen molar-refractivity contribution in [3.8, 4) is 0 Å². The first kappa shape index (κ1) is 14.2. The van der Waals surface area contributed by atoms with Gasteiger partial charge in [0.25, 0.3) is 11.1 Å². The SMILES string of the molecule is NCCN1C(=O)S/C(=C/c2ccc(Br)c(F)c2)C1=O. The summed E-state index contributed by atoms with van der Waals surface area (Å²) in [6.45, 7) is 0.412. The zero-order valence-corrected chi connectivity index (χ0v) is 12.1. The van der Waals surface area contributed by atoms with E-state index in [9.17, 15) is 14.0 Å². The number of rotatable bonds is 3. The molecule has 0 spiro atoms. The van der Waals surface area contributed by atoms with Crippen molar-refractivity contribution in [2.24, 2.45) is 5.73 Å². The average Bonchev–Trinajstić information content (AvgIpc) is 2.62. The Kier molecular flexibility index (Phi) is 4.38. The first-order chi connectivity index (χ1) is 9.02. The number of benzene rings is 1. The number of nitrogens with zero attached hydrogens (tertiary/aromatic N) is 1. The number of hydrogen-bond donors (Lipinski definition) is 1. The predicted molar refractivity (Wildman–Crippen MR) is 75.8 cm³/mol. The van der Waals surface area contributed by atoms with Gasteiger partial charge in [-0.2, -0.15) is 0 Å². The summed E-state index contributed by atoms with van der Waals surface area (Å²) in [5.74, 6) is -0.807. The molecule has 1 aliphatic heterocycles. The largest absolute Gasteiger partial charge is 0.329 e. The lowest BCUT2D eigenvalue weighted by Crippen LogP contribution is -2.33. The summed E-state index contributed by atoms with van der Waals surface area (Å²) < 4.78 is 13.7. The molecule has 2 rings (SSSR count). The van der Waals surface area contributed by atoms with Crippen LogP contribution in [0.1, 0.15) is 5.56 Å². The van der Waals surface area contributed by atoms with Crippen LogP contribution in [0, 0.1) is 5.82 Å². The Labute approximate surface area is 122 Å². The Morgan fingerprint density at radius 1 is 1.42 bits per heavy atom. The molecule has 0 atom stereocenters. The Hall–Kier alpha value is -1.18. The minimum Gasteiger partial charge on any atom is -0.329 e. The van der Waals surface area contributed by atoms with Crippen LogP contribution in [-0.4, -0.2) is 29.1 Å². The highest BCUT2D eigenvalue weighted by Crippen LogP contribution is 2.32. The van der Waals surface area contributed by atoms with Gasteiger partial charge in [-0.05, 0) is 51.5 Å². The Morgan fingerprint density at radius 3 is 2.79 bits per heavy atom. The fourth-order valence-corrected chi connectivity index (χ4v) is 2.69. The predicted octanol–water partition coefficient (Wildman–Crippen LogP) is 2.58. The number of nitrogens with two attached hydrogens (primary N) is 1. The van der Waals surface area contributed by atoms with E-state index in [1.54, 1.807) is 12.1 Å². The van der Waals surface area contributed by atoms with Crippen molar-refractivity contribution in [1.82, 2.24) is 4.90 Å². The molecule has 0 aromatic heterocycles. The van der Waals surface area contributed by atoms with Crippen molar-refractivity contribution in [2.75, 3.05) is 13.1 Å². The monoisotopic (exact) mass is 344 g/mol. The van der Waals surface area contributed by atoms with Crippen LogP contribution in [0.4, 0.5) is 9.18 Å². The molecule has 7 heteroatoms. The van der Waals surface area contributed by atoms with Gasteiger partial charge in [0, 0.05) is 13.1 Å². The van der Waals surface area contributed by atoms with Crippen LogP contribution in [0.25, 0.3) is 6.08 Å². The van der Waals surface area contributed by atoms with E-state index >= 15 is 0 Å². The first-order valence-corrected chi connectivity index (χ1v) is 7.04. The third-order valence-electron chi connectivity index (χ3n) is 2.47. The van der Waals surface area contributed by atoms with E-state index < -0.39 is 5.82 Å². The van der Waals surface area contributed by atoms with Crippen LogP contribution < -0.4 is 5.73 Å². The molecule has 1 aromatic carbocycles. The molecule has 2 amide bonds. The van der Waals surface area contributed by atoms with E-state index in [4.69, 9.17) is 5.73 Å². The van der Waals surface area contributed by atoms with E-state index in [0.29, 0.717) is 10.0 Å². The lowest BCUT2D eigenvalue weighted by Gasteiger charge is -2.09. The zero-order valence-electron chi connectivity index (χ0n) is 9.73. The number of imide groups is 1. The molecule has 2 N–H and O–H groups in total. The number of hydrogen-bond acceptors (Lipinski definition) is 4. The fraction of sp³-hybridized carbons (Fsp3) is 0.167. The minimum atomic E-state index is -0.421. The van der Waals surface area contributed by atoms with Crippen molar-refractivity contribution < 1.29 is 14.0 Å². The van der Waals surface area contributed by atoms with Crippen molar-refractivity contribution in [1.29, 1.82) is 0 Å². The molecular formula is C12H10BrFN2O2S. The summed E-state index contributed by atoms with van der Waals surface area (Å²) in [4.78, 5) is 24.9. The minimum absolute atomic E-state index is 0.191. The van der Waals surface area contributed by atoms with E-state index in [0.717, 1.165) is 16.7 Å². The van der Waals surface area contributed by atoms with Crippen LogP contribution in [0.5, 0.6) is 0 Å². The van der Waals surface area contributed by atoms with Crippen LogP contribution in [0.2, 0.25) is 0 Å². The summed E-state index contributed by atoms with van der Waals surface area (Å²) >= 11 is 3.88. The smallest absolute Gasteiger partial charge is 0.293 e. The van der Waals surface area contributed by atoms with E-state index in [-0.39, 0.29) is 29.1 Å². The summed E-state index contributed by atoms with van der Waals surface area (Å²) in [5.41, 5.74) is 5.86. The van der Waals surface area contributed by atoms with Gasteiger partial charge in [-0.25, -0.2) is 4.39 Å². The number of thioether (sulfide) groups is 1. The third kappa shape index (κ3) is 3.05. The second kappa shape index (κ2) is 5.85. The molecule has 100 valence electrons. The van der Waals surface area contributed by atoms with Crippen LogP contribution in [-0.2, 0) is 4.79 Å². The second-order valence-electron chi connectivity index (χ2n) is 3.80. The number of amides is 2. The van der Waals surface area contributed by atoms with Gasteiger partial charge in [0.05, 0.1) is 9.38 Å². The molecule has 1 fully saturated rings. The summed E-state index contributed by atoms with van der Waals surface area (Å²) in [7, 11) is 0. The maximum Gasteiger partial charge on any atom is 0.293 e. The zero-order chi connectivity index (χ0) is 14.0. The molecule has 1 heterocycles. The Bertz CT molecular complexity index is 577. The lowest BCUT2D eigenvalue weighted by molar-refractivity contribution is -0.122. The van der Waals surface area contributed by atoms with Crippen molar-refractivity contribution in [3.63, 3.8) is 0 Å². The lowest BCUT2D eigenvalue weighted by atomic mass is 10.2. The Balaban J connectivity index is 2.27. The normalized spacial score (nSPS) is 17.6. The van der Waals surface area contributed by atoms with Gasteiger partial charge < -0.3 is 5.73 Å². The molecular weight excluding hydrogens is 335 g/mol. The topological polar surface area (TPSA) is 63.4 Å². The summed E-state index contributed by atoms with van der Waals surface area (Å²) in [6.07, 6.45) is 1.50.